The molecule has 0 saturated carbocycles. The SMILES string of the molecule is Cc1ccc(C(=O)O)cc1S(=O)(=O)NCc1ccc2c(n1)CCC2. The minimum atomic E-state index is -3.81. The first-order valence-electron chi connectivity index (χ1n) is 7.68. The van der Waals surface area contributed by atoms with E-state index >= 15 is 0 Å². The predicted molar refractivity (Wildman–Crippen MR) is 88.4 cm³/mol. The molecule has 126 valence electrons. The quantitative estimate of drug-likeness (QED) is 0.864. The van der Waals surface area contributed by atoms with Gasteiger partial charge in [-0.15, -0.1) is 0 Å². The molecule has 0 amide bonds. The van der Waals surface area contributed by atoms with Crippen molar-refractivity contribution in [3.63, 3.8) is 0 Å². The standard InChI is InChI=1S/C17H18N2O4S/c1-11-5-6-13(17(20)21)9-16(11)24(22,23)18-10-14-8-7-12-3-2-4-15(12)19-14/h5-9,18H,2-4,10H2,1H3,(H,20,21). The van der Waals surface area contributed by atoms with Gasteiger partial charge in [-0.1, -0.05) is 12.1 Å². The molecule has 0 aliphatic heterocycles. The molecule has 6 nitrogen and oxygen atoms in total. The van der Waals surface area contributed by atoms with Gasteiger partial charge in [0.2, 0.25) is 10.0 Å². The van der Waals surface area contributed by atoms with Crippen LogP contribution in [0.25, 0.3) is 0 Å². The number of nitrogens with one attached hydrogen (secondary N) is 1. The molecule has 1 aliphatic carbocycles. The fourth-order valence-electron chi connectivity index (χ4n) is 2.83. The molecular weight excluding hydrogens is 328 g/mol. The Morgan fingerprint density at radius 1 is 1.25 bits per heavy atom. The molecule has 0 unspecified atom stereocenters. The second kappa shape index (κ2) is 6.33. The van der Waals surface area contributed by atoms with Gasteiger partial charge in [-0.3, -0.25) is 4.98 Å². The molecule has 1 aromatic heterocycles. The number of aryl methyl sites for hydroxylation is 3. The van der Waals surface area contributed by atoms with E-state index in [-0.39, 0.29) is 17.0 Å². The number of carboxylic acids is 1. The molecule has 1 aromatic carbocycles. The van der Waals surface area contributed by atoms with Crippen molar-refractivity contribution in [1.29, 1.82) is 0 Å². The Labute approximate surface area is 140 Å². The van der Waals surface area contributed by atoms with E-state index in [2.05, 4.69) is 9.71 Å². The summed E-state index contributed by atoms with van der Waals surface area (Å²) in [6.45, 7) is 1.71. The summed E-state index contributed by atoms with van der Waals surface area (Å²) in [6.07, 6.45) is 3.03. The van der Waals surface area contributed by atoms with Crippen molar-refractivity contribution < 1.29 is 18.3 Å². The Kier molecular flexibility index (Phi) is 4.38. The van der Waals surface area contributed by atoms with Crippen molar-refractivity contribution in [2.45, 2.75) is 37.6 Å². The number of carboxylic acid groups (broad SMARTS) is 1. The average molecular weight is 346 g/mol. The minimum Gasteiger partial charge on any atom is -0.478 e. The topological polar surface area (TPSA) is 96.4 Å². The molecule has 3 rings (SSSR count). The summed E-state index contributed by atoms with van der Waals surface area (Å²) in [5.74, 6) is -1.16. The molecule has 2 N–H and O–H groups in total. The van der Waals surface area contributed by atoms with E-state index in [4.69, 9.17) is 5.11 Å². The monoisotopic (exact) mass is 346 g/mol. The van der Waals surface area contributed by atoms with Crippen molar-refractivity contribution in [2.75, 3.05) is 0 Å². The molecule has 0 bridgehead atoms. The first kappa shape index (κ1) is 16.6. The van der Waals surface area contributed by atoms with Crippen LogP contribution in [0.4, 0.5) is 0 Å². The Bertz CT molecular complexity index is 907. The first-order valence-corrected chi connectivity index (χ1v) is 9.16. The molecule has 24 heavy (non-hydrogen) atoms. The summed E-state index contributed by atoms with van der Waals surface area (Å²) in [7, 11) is -3.81. The highest BCUT2D eigenvalue weighted by molar-refractivity contribution is 7.89. The van der Waals surface area contributed by atoms with Crippen LogP contribution < -0.4 is 4.72 Å². The number of fused-ring (bicyclic) bond motifs is 1. The predicted octanol–water partition coefficient (Wildman–Crippen LogP) is 2.06. The molecule has 7 heteroatoms. The van der Waals surface area contributed by atoms with Crippen LogP contribution in [-0.2, 0) is 29.4 Å². The van der Waals surface area contributed by atoms with Gasteiger partial charge in [0.25, 0.3) is 0 Å². The van der Waals surface area contributed by atoms with Crippen molar-refractivity contribution in [3.05, 3.63) is 58.4 Å². The fraction of sp³-hybridized carbons (Fsp3) is 0.294. The van der Waals surface area contributed by atoms with Gasteiger partial charge in [-0.25, -0.2) is 17.9 Å². The van der Waals surface area contributed by atoms with Crippen LogP contribution in [0.3, 0.4) is 0 Å². The number of pyridine rings is 1. The Morgan fingerprint density at radius 2 is 2.04 bits per heavy atom. The number of rotatable bonds is 5. The average Bonchev–Trinajstić information content (AvgIpc) is 3.00. The van der Waals surface area contributed by atoms with E-state index in [1.165, 1.54) is 23.8 Å². The van der Waals surface area contributed by atoms with Gasteiger partial charge in [0.15, 0.2) is 0 Å². The van der Waals surface area contributed by atoms with Gasteiger partial charge in [0.05, 0.1) is 22.7 Å². The highest BCUT2D eigenvalue weighted by Crippen LogP contribution is 2.21. The van der Waals surface area contributed by atoms with E-state index in [0.29, 0.717) is 11.3 Å². The number of carbonyl (C=O) groups is 1. The summed E-state index contributed by atoms with van der Waals surface area (Å²) in [5, 5.41) is 9.04. The number of hydrogen-bond donors (Lipinski definition) is 2. The Balaban J connectivity index is 1.81. The molecule has 0 atom stereocenters. The van der Waals surface area contributed by atoms with E-state index in [0.717, 1.165) is 25.0 Å². The molecule has 0 saturated heterocycles. The number of nitrogens with zero attached hydrogens (tertiary/aromatic N) is 1. The van der Waals surface area contributed by atoms with E-state index in [1.807, 2.05) is 12.1 Å². The molecule has 1 heterocycles. The summed E-state index contributed by atoms with van der Waals surface area (Å²) in [5.41, 5.74) is 3.36. The van der Waals surface area contributed by atoms with Crippen LogP contribution in [0.2, 0.25) is 0 Å². The summed E-state index contributed by atoms with van der Waals surface area (Å²) >= 11 is 0. The third-order valence-electron chi connectivity index (χ3n) is 4.15. The number of hydrogen-bond acceptors (Lipinski definition) is 4. The second-order valence-corrected chi connectivity index (χ2v) is 7.61. The van der Waals surface area contributed by atoms with Crippen molar-refractivity contribution in [1.82, 2.24) is 9.71 Å². The van der Waals surface area contributed by atoms with E-state index in [1.54, 1.807) is 6.92 Å². The van der Waals surface area contributed by atoms with Crippen molar-refractivity contribution in [2.24, 2.45) is 0 Å². The van der Waals surface area contributed by atoms with Crippen molar-refractivity contribution >= 4 is 16.0 Å². The van der Waals surface area contributed by atoms with Gasteiger partial charge in [0.1, 0.15) is 0 Å². The van der Waals surface area contributed by atoms with Crippen LogP contribution in [0, 0.1) is 6.92 Å². The van der Waals surface area contributed by atoms with Gasteiger partial charge < -0.3 is 5.11 Å². The molecule has 0 radical (unpaired) electrons. The van der Waals surface area contributed by atoms with Crippen LogP contribution in [0.15, 0.2) is 35.2 Å². The van der Waals surface area contributed by atoms with Crippen LogP contribution >= 0.6 is 0 Å². The molecule has 0 spiro atoms. The van der Waals surface area contributed by atoms with Crippen LogP contribution in [0.5, 0.6) is 0 Å². The van der Waals surface area contributed by atoms with E-state index < -0.39 is 16.0 Å². The number of benzene rings is 1. The lowest BCUT2D eigenvalue weighted by atomic mass is 10.1. The normalized spacial score (nSPS) is 13.7. The number of aromatic carboxylic acids is 1. The first-order chi connectivity index (χ1) is 11.4. The zero-order valence-electron chi connectivity index (χ0n) is 13.2. The second-order valence-electron chi connectivity index (χ2n) is 5.87. The zero-order chi connectivity index (χ0) is 17.3. The van der Waals surface area contributed by atoms with Gasteiger partial charge in [0, 0.05) is 5.69 Å². The van der Waals surface area contributed by atoms with Crippen LogP contribution in [0.1, 0.15) is 39.3 Å². The lowest BCUT2D eigenvalue weighted by Gasteiger charge is -2.10. The number of sulfonamides is 1. The molecule has 1 aliphatic rings. The molecule has 0 fully saturated rings. The third kappa shape index (κ3) is 3.32. The summed E-state index contributed by atoms with van der Waals surface area (Å²) in [4.78, 5) is 15.5. The summed E-state index contributed by atoms with van der Waals surface area (Å²) < 4.78 is 27.5. The fourth-order valence-corrected chi connectivity index (χ4v) is 4.10. The van der Waals surface area contributed by atoms with Crippen LogP contribution in [-0.4, -0.2) is 24.5 Å². The smallest absolute Gasteiger partial charge is 0.335 e. The lowest BCUT2D eigenvalue weighted by Crippen LogP contribution is -2.25. The van der Waals surface area contributed by atoms with Gasteiger partial charge in [-0.05, 0) is 55.5 Å². The van der Waals surface area contributed by atoms with Crippen molar-refractivity contribution in [3.8, 4) is 0 Å². The maximum Gasteiger partial charge on any atom is 0.335 e. The minimum absolute atomic E-state index is 0.0245. The highest BCUT2D eigenvalue weighted by Gasteiger charge is 2.19. The Hall–Kier alpha value is -2.25. The van der Waals surface area contributed by atoms with E-state index in [9.17, 15) is 13.2 Å². The number of aromatic nitrogens is 1. The van der Waals surface area contributed by atoms with Gasteiger partial charge >= 0.3 is 5.97 Å². The zero-order valence-corrected chi connectivity index (χ0v) is 14.1. The third-order valence-corrected chi connectivity index (χ3v) is 5.70. The molecule has 2 aromatic rings. The summed E-state index contributed by atoms with van der Waals surface area (Å²) in [6, 6.07) is 7.88. The maximum absolute atomic E-state index is 12.5. The molecular formula is C17H18N2O4S. The van der Waals surface area contributed by atoms with Gasteiger partial charge in [-0.2, -0.15) is 0 Å². The largest absolute Gasteiger partial charge is 0.478 e. The highest BCUT2D eigenvalue weighted by atomic mass is 32.2. The maximum atomic E-state index is 12.5. The Morgan fingerprint density at radius 3 is 2.79 bits per heavy atom. The lowest BCUT2D eigenvalue weighted by molar-refractivity contribution is 0.0696.